The highest BCUT2D eigenvalue weighted by Gasteiger charge is 2.29. The first-order valence-electron chi connectivity index (χ1n) is 10.4. The van der Waals surface area contributed by atoms with Crippen LogP contribution in [0, 0.1) is 11.6 Å². The number of ether oxygens (including phenoxy) is 2. The second kappa shape index (κ2) is 11.3. The van der Waals surface area contributed by atoms with E-state index in [4.69, 9.17) is 9.47 Å². The highest BCUT2D eigenvalue weighted by molar-refractivity contribution is 5.99. The van der Waals surface area contributed by atoms with Gasteiger partial charge < -0.3 is 21.9 Å². The minimum absolute atomic E-state index is 0. The summed E-state index contributed by atoms with van der Waals surface area (Å²) in [6, 6.07) is 8.09. The van der Waals surface area contributed by atoms with E-state index >= 15 is 0 Å². The van der Waals surface area contributed by atoms with Crippen LogP contribution in [0.5, 0.6) is 11.5 Å². The predicted molar refractivity (Wildman–Crippen MR) is 111 cm³/mol. The van der Waals surface area contributed by atoms with Gasteiger partial charge in [0.25, 0.3) is 0 Å². The number of halogens is 3. The standard InChI is InChI=1S/C24H30F2NO2.ClH/c1-4-5-6-7-11-22-18-15-24(29-3)23(28-2)14-17(18)12-13-27(22)16-19-20(25)9-8-10-21(19)26;/h8-10,14-15H,4-7,11-13,16H2,1-3H3;1H/q+1;/p-1. The van der Waals surface area contributed by atoms with Crippen LogP contribution in [0.2, 0.25) is 0 Å². The molecule has 0 aliphatic carbocycles. The van der Waals surface area contributed by atoms with Crippen molar-refractivity contribution in [1.29, 1.82) is 0 Å². The first-order chi connectivity index (χ1) is 14.1. The van der Waals surface area contributed by atoms with Gasteiger partial charge in [0.2, 0.25) is 0 Å². The molecule has 3 nitrogen and oxygen atoms in total. The highest BCUT2D eigenvalue weighted by Crippen LogP contribution is 2.33. The molecule has 0 atom stereocenters. The Labute approximate surface area is 184 Å². The molecule has 2 aromatic rings. The van der Waals surface area contributed by atoms with E-state index in [1.165, 1.54) is 36.6 Å². The molecule has 3 rings (SSSR count). The van der Waals surface area contributed by atoms with Gasteiger partial charge in [0.15, 0.2) is 23.8 Å². The molecular weight excluding hydrogens is 408 g/mol. The lowest BCUT2D eigenvalue weighted by Gasteiger charge is -2.21. The van der Waals surface area contributed by atoms with Crippen LogP contribution in [0.1, 0.15) is 55.7 Å². The maximum Gasteiger partial charge on any atom is 0.184 e. The van der Waals surface area contributed by atoms with E-state index in [0.717, 1.165) is 43.5 Å². The van der Waals surface area contributed by atoms with Crippen LogP contribution in [0.25, 0.3) is 0 Å². The summed E-state index contributed by atoms with van der Waals surface area (Å²) in [6.45, 7) is 3.14. The van der Waals surface area contributed by atoms with E-state index in [1.807, 2.05) is 12.1 Å². The lowest BCUT2D eigenvalue weighted by molar-refractivity contribution is -0.546. The Morgan fingerprint density at radius 1 is 0.967 bits per heavy atom. The van der Waals surface area contributed by atoms with Gasteiger partial charge in [0.05, 0.1) is 19.8 Å². The molecule has 0 saturated carbocycles. The fraction of sp³-hybridized carbons (Fsp3) is 0.458. The average Bonchev–Trinajstić information content (AvgIpc) is 2.73. The van der Waals surface area contributed by atoms with Crippen molar-refractivity contribution in [2.45, 2.75) is 52.0 Å². The molecule has 0 bridgehead atoms. The van der Waals surface area contributed by atoms with Crippen LogP contribution in [-0.2, 0) is 13.0 Å². The molecule has 1 aliphatic heterocycles. The van der Waals surface area contributed by atoms with Gasteiger partial charge in [-0.15, -0.1) is 0 Å². The van der Waals surface area contributed by atoms with Crippen molar-refractivity contribution in [3.63, 3.8) is 0 Å². The van der Waals surface area contributed by atoms with Crippen molar-refractivity contribution in [2.24, 2.45) is 0 Å². The number of unbranched alkanes of at least 4 members (excludes halogenated alkanes) is 3. The number of rotatable bonds is 9. The first kappa shape index (κ1) is 24.1. The molecule has 1 aliphatic rings. The Balaban J connectivity index is 0.00000320. The number of benzene rings is 2. The average molecular weight is 438 g/mol. The first-order valence-corrected chi connectivity index (χ1v) is 10.4. The Hall–Kier alpha value is -2.14. The Morgan fingerprint density at radius 3 is 2.27 bits per heavy atom. The number of hydrogen-bond donors (Lipinski definition) is 0. The predicted octanol–water partition coefficient (Wildman–Crippen LogP) is 2.51. The molecular formula is C24H30ClF2NO2. The molecule has 0 aromatic heterocycles. The molecule has 0 amide bonds. The summed E-state index contributed by atoms with van der Waals surface area (Å²) >= 11 is 0. The van der Waals surface area contributed by atoms with Crippen molar-refractivity contribution < 1.29 is 35.2 Å². The second-order valence-corrected chi connectivity index (χ2v) is 7.49. The zero-order valence-electron chi connectivity index (χ0n) is 17.9. The van der Waals surface area contributed by atoms with Crippen LogP contribution < -0.4 is 21.9 Å². The van der Waals surface area contributed by atoms with Crippen LogP contribution in [0.4, 0.5) is 8.78 Å². The fourth-order valence-corrected chi connectivity index (χ4v) is 4.02. The topological polar surface area (TPSA) is 21.5 Å². The Bertz CT molecular complexity index is 879. The highest BCUT2D eigenvalue weighted by atomic mass is 35.5. The third kappa shape index (κ3) is 5.31. The lowest BCUT2D eigenvalue weighted by Crippen LogP contribution is -3.00. The summed E-state index contributed by atoms with van der Waals surface area (Å²) in [7, 11) is 3.26. The molecule has 164 valence electrons. The summed E-state index contributed by atoms with van der Waals surface area (Å²) in [6.07, 6.45) is 6.22. The van der Waals surface area contributed by atoms with Crippen molar-refractivity contribution in [3.05, 3.63) is 58.7 Å². The number of nitrogens with zero attached hydrogens (tertiary/aromatic N) is 1. The van der Waals surface area contributed by atoms with Crippen molar-refractivity contribution in [1.82, 2.24) is 0 Å². The van der Waals surface area contributed by atoms with Gasteiger partial charge >= 0.3 is 0 Å². The minimum Gasteiger partial charge on any atom is -1.00 e. The molecule has 0 spiro atoms. The summed E-state index contributed by atoms with van der Waals surface area (Å²) in [4.78, 5) is 0. The summed E-state index contributed by atoms with van der Waals surface area (Å²) in [5, 5.41) is 0. The van der Waals surface area contributed by atoms with Crippen LogP contribution in [0.3, 0.4) is 0 Å². The van der Waals surface area contributed by atoms with Crippen LogP contribution in [-0.4, -0.2) is 31.1 Å². The number of hydrogen-bond acceptors (Lipinski definition) is 2. The lowest BCUT2D eigenvalue weighted by atomic mass is 9.92. The Kier molecular flexibility index (Phi) is 9.09. The SMILES string of the molecule is CCCCCCC1=[N+](Cc2c(F)cccc2F)CCc2cc(OC)c(OC)cc21.[Cl-]. The maximum absolute atomic E-state index is 14.3. The monoisotopic (exact) mass is 437 g/mol. The third-order valence-corrected chi connectivity index (χ3v) is 5.63. The summed E-state index contributed by atoms with van der Waals surface area (Å²) in [5.74, 6) is 0.406. The molecule has 0 saturated heterocycles. The molecule has 0 fully saturated rings. The third-order valence-electron chi connectivity index (χ3n) is 5.63. The van der Waals surface area contributed by atoms with Gasteiger partial charge in [-0.25, -0.2) is 13.4 Å². The summed E-state index contributed by atoms with van der Waals surface area (Å²) in [5.41, 5.74) is 3.55. The van der Waals surface area contributed by atoms with Crippen molar-refractivity contribution >= 4 is 5.71 Å². The van der Waals surface area contributed by atoms with Crippen molar-refractivity contribution in [3.8, 4) is 11.5 Å². The van der Waals surface area contributed by atoms with Crippen molar-refractivity contribution in [2.75, 3.05) is 20.8 Å². The molecule has 0 N–H and O–H groups in total. The molecule has 30 heavy (non-hydrogen) atoms. The number of fused-ring (bicyclic) bond motifs is 1. The van der Waals surface area contributed by atoms with Crippen LogP contribution >= 0.6 is 0 Å². The fourth-order valence-electron chi connectivity index (χ4n) is 4.02. The molecule has 0 radical (unpaired) electrons. The van der Waals surface area contributed by atoms with E-state index in [1.54, 1.807) is 14.2 Å². The number of methoxy groups -OCH3 is 2. The van der Waals surface area contributed by atoms with E-state index in [2.05, 4.69) is 11.5 Å². The van der Waals surface area contributed by atoms with Crippen LogP contribution in [0.15, 0.2) is 30.3 Å². The molecule has 0 unspecified atom stereocenters. The minimum atomic E-state index is -0.492. The molecule has 2 aromatic carbocycles. The second-order valence-electron chi connectivity index (χ2n) is 7.49. The molecule has 6 heteroatoms. The van der Waals surface area contributed by atoms with E-state index in [-0.39, 0.29) is 24.5 Å². The van der Waals surface area contributed by atoms with Gasteiger partial charge in [-0.05, 0) is 36.2 Å². The van der Waals surface area contributed by atoms with Gasteiger partial charge in [-0.1, -0.05) is 32.3 Å². The van der Waals surface area contributed by atoms with Gasteiger partial charge in [-0.3, -0.25) is 0 Å². The Morgan fingerprint density at radius 2 is 1.63 bits per heavy atom. The van der Waals surface area contributed by atoms with Gasteiger partial charge in [-0.2, -0.15) is 0 Å². The molecule has 1 heterocycles. The maximum atomic E-state index is 14.3. The largest absolute Gasteiger partial charge is 1.00 e. The zero-order valence-corrected chi connectivity index (χ0v) is 18.7. The van der Waals surface area contributed by atoms with Gasteiger partial charge in [0, 0.05) is 18.4 Å². The smallest absolute Gasteiger partial charge is 0.184 e. The van der Waals surface area contributed by atoms with Gasteiger partial charge in [0.1, 0.15) is 18.2 Å². The van der Waals surface area contributed by atoms with E-state index in [0.29, 0.717) is 11.5 Å². The normalized spacial score (nSPS) is 13.0. The van der Waals surface area contributed by atoms with E-state index < -0.39 is 11.6 Å². The quantitative estimate of drug-likeness (QED) is 0.444. The summed E-state index contributed by atoms with van der Waals surface area (Å²) < 4.78 is 41.7. The van der Waals surface area contributed by atoms with E-state index in [9.17, 15) is 8.78 Å². The zero-order chi connectivity index (χ0) is 20.8.